The minimum atomic E-state index is 0.701. The van der Waals surface area contributed by atoms with Gasteiger partial charge in [-0.3, -0.25) is 0 Å². The van der Waals surface area contributed by atoms with Crippen LogP contribution in [0.25, 0.3) is 11.3 Å². The Hall–Kier alpha value is -1.61. The Labute approximate surface area is 121 Å². The maximum Gasteiger partial charge on any atom is 0.106 e. The first-order chi connectivity index (χ1) is 9.69. The molecule has 0 bridgehead atoms. The molecule has 1 aromatic carbocycles. The van der Waals surface area contributed by atoms with Crippen molar-refractivity contribution >= 4 is 0 Å². The molecule has 0 aliphatic heterocycles. The molecule has 2 aromatic rings. The molecular weight excluding hydrogens is 246 g/mol. The van der Waals surface area contributed by atoms with Gasteiger partial charge in [-0.25, -0.2) is 4.98 Å². The van der Waals surface area contributed by atoms with Crippen LogP contribution < -0.4 is 5.32 Å². The Morgan fingerprint density at radius 1 is 1.20 bits per heavy atom. The third kappa shape index (κ3) is 4.20. The number of hydrogen-bond acceptors (Lipinski definition) is 2. The summed E-state index contributed by atoms with van der Waals surface area (Å²) in [5.74, 6) is 1.77. The van der Waals surface area contributed by atoms with E-state index in [-0.39, 0.29) is 0 Å². The number of nitrogens with one attached hydrogen (secondary N) is 2. The van der Waals surface area contributed by atoms with Crippen LogP contribution in [-0.2, 0) is 12.8 Å². The van der Waals surface area contributed by atoms with Crippen LogP contribution in [0.1, 0.15) is 31.7 Å². The van der Waals surface area contributed by atoms with Gasteiger partial charge in [-0.15, -0.1) is 0 Å². The monoisotopic (exact) mass is 271 g/mol. The molecular formula is C17H25N3. The highest BCUT2D eigenvalue weighted by molar-refractivity contribution is 5.58. The van der Waals surface area contributed by atoms with Crippen molar-refractivity contribution in [3.8, 4) is 11.3 Å². The van der Waals surface area contributed by atoms with Gasteiger partial charge < -0.3 is 10.3 Å². The van der Waals surface area contributed by atoms with Gasteiger partial charge in [-0.1, -0.05) is 38.1 Å². The van der Waals surface area contributed by atoms with E-state index >= 15 is 0 Å². The summed E-state index contributed by atoms with van der Waals surface area (Å²) in [6.07, 6.45) is 5.17. The van der Waals surface area contributed by atoms with Crippen LogP contribution in [-0.4, -0.2) is 23.6 Å². The molecule has 0 saturated heterocycles. The molecule has 0 aliphatic rings. The average molecular weight is 271 g/mol. The van der Waals surface area contributed by atoms with E-state index in [1.807, 2.05) is 13.2 Å². The molecule has 0 saturated carbocycles. The van der Waals surface area contributed by atoms with Crippen LogP contribution in [0.5, 0.6) is 0 Å². The number of rotatable bonds is 7. The first kappa shape index (κ1) is 14.8. The molecule has 0 atom stereocenters. The maximum atomic E-state index is 4.45. The second-order valence-electron chi connectivity index (χ2n) is 5.75. The zero-order valence-corrected chi connectivity index (χ0v) is 12.7. The van der Waals surface area contributed by atoms with Crippen molar-refractivity contribution in [3.63, 3.8) is 0 Å². The lowest BCUT2D eigenvalue weighted by Crippen LogP contribution is -2.08. The van der Waals surface area contributed by atoms with Gasteiger partial charge in [-0.05, 0) is 43.5 Å². The zero-order valence-electron chi connectivity index (χ0n) is 12.7. The van der Waals surface area contributed by atoms with Crippen LogP contribution in [0.2, 0.25) is 0 Å². The van der Waals surface area contributed by atoms with Crippen molar-refractivity contribution in [2.24, 2.45) is 5.92 Å². The Kier molecular flexibility index (Phi) is 5.36. The summed E-state index contributed by atoms with van der Waals surface area (Å²) in [5, 5.41) is 3.16. The number of benzene rings is 1. The lowest BCUT2D eigenvalue weighted by molar-refractivity contribution is 0.647. The van der Waals surface area contributed by atoms with Crippen LogP contribution in [0.4, 0.5) is 0 Å². The number of aryl methyl sites for hydroxylation is 1. The minimum absolute atomic E-state index is 0.701. The number of aromatic amines is 1. The molecule has 0 aliphatic carbocycles. The van der Waals surface area contributed by atoms with E-state index in [1.54, 1.807) is 0 Å². The topological polar surface area (TPSA) is 40.7 Å². The number of hydrogen-bond donors (Lipinski definition) is 2. The molecule has 1 aromatic heterocycles. The molecule has 0 spiro atoms. The fourth-order valence-electron chi connectivity index (χ4n) is 2.36. The zero-order chi connectivity index (χ0) is 14.4. The van der Waals surface area contributed by atoms with Gasteiger partial charge in [0, 0.05) is 6.42 Å². The summed E-state index contributed by atoms with van der Waals surface area (Å²) < 4.78 is 0. The van der Waals surface area contributed by atoms with E-state index in [9.17, 15) is 0 Å². The highest BCUT2D eigenvalue weighted by Crippen LogP contribution is 2.19. The van der Waals surface area contributed by atoms with Crippen LogP contribution >= 0.6 is 0 Å². The number of nitrogens with zero attached hydrogens (tertiary/aromatic N) is 1. The van der Waals surface area contributed by atoms with E-state index in [1.165, 1.54) is 11.1 Å². The van der Waals surface area contributed by atoms with Crippen molar-refractivity contribution < 1.29 is 0 Å². The third-order valence-corrected chi connectivity index (χ3v) is 3.38. The van der Waals surface area contributed by atoms with E-state index in [4.69, 9.17) is 0 Å². The molecule has 0 amide bonds. The van der Waals surface area contributed by atoms with Crippen LogP contribution in [0, 0.1) is 5.92 Å². The fraction of sp³-hybridized carbons (Fsp3) is 0.471. The van der Waals surface area contributed by atoms with Crippen molar-refractivity contribution in [2.45, 2.75) is 33.1 Å². The van der Waals surface area contributed by atoms with E-state index in [0.717, 1.165) is 37.3 Å². The van der Waals surface area contributed by atoms with Crippen molar-refractivity contribution in [3.05, 3.63) is 41.9 Å². The van der Waals surface area contributed by atoms with E-state index in [2.05, 4.69) is 53.4 Å². The molecule has 0 unspecified atom stereocenters. The Morgan fingerprint density at radius 2 is 1.95 bits per heavy atom. The normalized spacial score (nSPS) is 11.2. The summed E-state index contributed by atoms with van der Waals surface area (Å²) in [6, 6.07) is 8.80. The number of H-pyrrole nitrogens is 1. The van der Waals surface area contributed by atoms with Gasteiger partial charge in [0.25, 0.3) is 0 Å². The Bertz CT molecular complexity index is 511. The lowest BCUT2D eigenvalue weighted by atomic mass is 10.0. The van der Waals surface area contributed by atoms with Crippen molar-refractivity contribution in [1.29, 1.82) is 0 Å². The standard InChI is InChI=1S/C17H25N3/c1-13(2)11-14-6-8-15(9-7-14)16-12-19-17(20-16)5-4-10-18-3/h6-9,12-13,18H,4-5,10-11H2,1-3H3,(H,19,20). The van der Waals surface area contributed by atoms with Gasteiger partial charge in [-0.2, -0.15) is 0 Å². The van der Waals surface area contributed by atoms with Gasteiger partial charge in [0.2, 0.25) is 0 Å². The highest BCUT2D eigenvalue weighted by atomic mass is 14.9. The molecule has 2 rings (SSSR count). The Morgan fingerprint density at radius 3 is 2.60 bits per heavy atom. The SMILES string of the molecule is CNCCCc1ncc(-c2ccc(CC(C)C)cc2)[nH]1. The largest absolute Gasteiger partial charge is 0.342 e. The van der Waals surface area contributed by atoms with Crippen molar-refractivity contribution in [1.82, 2.24) is 15.3 Å². The molecule has 2 N–H and O–H groups in total. The molecule has 0 radical (unpaired) electrons. The number of aromatic nitrogens is 2. The molecule has 3 heteroatoms. The summed E-state index contributed by atoms with van der Waals surface area (Å²) in [6.45, 7) is 5.53. The molecule has 108 valence electrons. The molecule has 1 heterocycles. The summed E-state index contributed by atoms with van der Waals surface area (Å²) in [7, 11) is 1.98. The summed E-state index contributed by atoms with van der Waals surface area (Å²) >= 11 is 0. The lowest BCUT2D eigenvalue weighted by Gasteiger charge is -2.05. The quantitative estimate of drug-likeness (QED) is 0.757. The van der Waals surface area contributed by atoms with Crippen LogP contribution in [0.3, 0.4) is 0 Å². The van der Waals surface area contributed by atoms with Gasteiger partial charge in [0.1, 0.15) is 5.82 Å². The second-order valence-corrected chi connectivity index (χ2v) is 5.75. The van der Waals surface area contributed by atoms with Crippen LogP contribution in [0.15, 0.2) is 30.5 Å². The molecule has 20 heavy (non-hydrogen) atoms. The average Bonchev–Trinajstić information content (AvgIpc) is 2.88. The Balaban J connectivity index is 2.00. The second kappa shape index (κ2) is 7.25. The first-order valence-electron chi connectivity index (χ1n) is 7.47. The summed E-state index contributed by atoms with van der Waals surface area (Å²) in [4.78, 5) is 7.86. The minimum Gasteiger partial charge on any atom is -0.342 e. The molecule has 3 nitrogen and oxygen atoms in total. The predicted molar refractivity (Wildman–Crippen MR) is 84.8 cm³/mol. The van der Waals surface area contributed by atoms with Crippen molar-refractivity contribution in [2.75, 3.05) is 13.6 Å². The van der Waals surface area contributed by atoms with Gasteiger partial charge in [0.15, 0.2) is 0 Å². The smallest absolute Gasteiger partial charge is 0.106 e. The third-order valence-electron chi connectivity index (χ3n) is 3.38. The number of imidazole rings is 1. The predicted octanol–water partition coefficient (Wildman–Crippen LogP) is 3.43. The first-order valence-corrected chi connectivity index (χ1v) is 7.47. The van der Waals surface area contributed by atoms with E-state index < -0.39 is 0 Å². The highest BCUT2D eigenvalue weighted by Gasteiger charge is 2.04. The van der Waals surface area contributed by atoms with Gasteiger partial charge in [0.05, 0.1) is 11.9 Å². The fourth-order valence-corrected chi connectivity index (χ4v) is 2.36. The van der Waals surface area contributed by atoms with Gasteiger partial charge >= 0.3 is 0 Å². The molecule has 0 fully saturated rings. The summed E-state index contributed by atoms with van der Waals surface area (Å²) in [5.41, 5.74) is 3.72. The van der Waals surface area contributed by atoms with E-state index in [0.29, 0.717) is 5.92 Å². The maximum absolute atomic E-state index is 4.45.